The Balaban J connectivity index is 0.00000240. The third kappa shape index (κ3) is 4.08. The van der Waals surface area contributed by atoms with E-state index in [1.54, 1.807) is 6.92 Å². The summed E-state index contributed by atoms with van der Waals surface area (Å²) in [5.74, 6) is -1.48. The number of hydrogen-bond acceptors (Lipinski definition) is 4. The number of anilines is 1. The molecule has 8 heteroatoms. The van der Waals surface area contributed by atoms with Crippen LogP contribution in [0, 0.1) is 18.6 Å². The van der Waals surface area contributed by atoms with Gasteiger partial charge in [0, 0.05) is 94.4 Å². The number of halogens is 2. The maximum absolute atomic E-state index is 14.4. The van der Waals surface area contributed by atoms with Gasteiger partial charge in [-0.05, 0) is 31.2 Å². The molecule has 4 aromatic rings. The van der Waals surface area contributed by atoms with E-state index in [0.717, 1.165) is 17.3 Å². The van der Waals surface area contributed by atoms with E-state index in [4.69, 9.17) is 0 Å². The van der Waals surface area contributed by atoms with Crippen LogP contribution < -0.4 is 4.90 Å². The van der Waals surface area contributed by atoms with Crippen LogP contribution in [0.1, 0.15) is 5.69 Å². The van der Waals surface area contributed by atoms with Gasteiger partial charge in [-0.25, -0.2) is 13.8 Å². The molecule has 143 valence electrons. The number of fused-ring (bicyclic) bond motifs is 1. The Hall–Kier alpha value is -1.84. The van der Waals surface area contributed by atoms with Gasteiger partial charge in [-0.15, -0.1) is 0 Å². The molecule has 2 aromatic heterocycles. The van der Waals surface area contributed by atoms with Crippen molar-refractivity contribution >= 4 is 62.7 Å². The van der Waals surface area contributed by atoms with Crippen molar-refractivity contribution in [1.82, 2.24) is 14.6 Å². The molecule has 0 aliphatic heterocycles. The van der Waals surface area contributed by atoms with Gasteiger partial charge < -0.3 is 10.0 Å². The van der Waals surface area contributed by atoms with Crippen LogP contribution in [-0.4, -0.2) is 85.2 Å². The first-order valence-corrected chi connectivity index (χ1v) is 8.67. The second-order valence-corrected chi connectivity index (χ2v) is 6.76. The Bertz CT molecular complexity index is 1190. The minimum absolute atomic E-state index is 0. The minimum Gasteiger partial charge on any atom is -0.493 e. The van der Waals surface area contributed by atoms with Gasteiger partial charge in [0.25, 0.3) is 0 Å². The van der Waals surface area contributed by atoms with Gasteiger partial charge in [0.2, 0.25) is 5.88 Å². The molecule has 4 rings (SSSR count). The van der Waals surface area contributed by atoms with Crippen molar-refractivity contribution in [1.29, 1.82) is 0 Å². The molecular formula is C21H18F2KN4O. The quantitative estimate of drug-likeness (QED) is 0.509. The number of benzene rings is 2. The average Bonchev–Trinajstić information content (AvgIpc) is 2.98. The Morgan fingerprint density at radius 1 is 1.00 bits per heavy atom. The largest absolute Gasteiger partial charge is 0.493 e. The molecule has 0 fully saturated rings. The van der Waals surface area contributed by atoms with Crippen LogP contribution in [0.3, 0.4) is 0 Å². The third-order valence-electron chi connectivity index (χ3n) is 4.63. The molecule has 5 nitrogen and oxygen atoms in total. The summed E-state index contributed by atoms with van der Waals surface area (Å²) < 4.78 is 29.0. The van der Waals surface area contributed by atoms with Crippen LogP contribution in [-0.2, 0) is 0 Å². The van der Waals surface area contributed by atoms with E-state index in [1.807, 2.05) is 43.3 Å². The minimum atomic E-state index is -0.708. The fraction of sp³-hybridized carbons (Fsp3) is 0.143. The zero-order valence-corrected chi connectivity index (χ0v) is 19.7. The summed E-state index contributed by atoms with van der Waals surface area (Å²) in [5, 5.41) is 14.7. The smallest absolute Gasteiger partial charge is 0.216 e. The second-order valence-electron chi connectivity index (χ2n) is 6.76. The van der Waals surface area contributed by atoms with Crippen LogP contribution in [0.2, 0.25) is 0 Å². The summed E-state index contributed by atoms with van der Waals surface area (Å²) in [7, 11) is 3.90. The van der Waals surface area contributed by atoms with E-state index in [-0.39, 0.29) is 62.8 Å². The van der Waals surface area contributed by atoms with Crippen molar-refractivity contribution in [2.45, 2.75) is 6.92 Å². The maximum Gasteiger partial charge on any atom is 0.216 e. The summed E-state index contributed by atoms with van der Waals surface area (Å²) in [6, 6.07) is 12.6. The Labute approximate surface area is 209 Å². The molecule has 0 aliphatic rings. The molecule has 0 spiro atoms. The molecule has 29 heavy (non-hydrogen) atoms. The number of aromatic hydroxyl groups is 1. The number of aryl methyl sites for hydroxylation is 1. The first-order chi connectivity index (χ1) is 13.3. The molecule has 2 heterocycles. The molecule has 0 unspecified atom stereocenters. The molecule has 1 N–H and O–H groups in total. The van der Waals surface area contributed by atoms with Crippen molar-refractivity contribution < 1.29 is 13.9 Å². The molecule has 0 saturated heterocycles. The van der Waals surface area contributed by atoms with Gasteiger partial charge in [0.1, 0.15) is 11.6 Å². The van der Waals surface area contributed by atoms with E-state index in [0.29, 0.717) is 22.6 Å². The van der Waals surface area contributed by atoms with E-state index in [2.05, 4.69) is 10.1 Å². The number of hydrogen-bond donors (Lipinski definition) is 1. The van der Waals surface area contributed by atoms with E-state index >= 15 is 0 Å². The van der Waals surface area contributed by atoms with Gasteiger partial charge >= 0.3 is 0 Å². The normalized spacial score (nSPS) is 10.8. The summed E-state index contributed by atoms with van der Waals surface area (Å²) in [4.78, 5) is 6.59. The van der Waals surface area contributed by atoms with Gasteiger partial charge in [0.05, 0.1) is 17.0 Å². The summed E-state index contributed by atoms with van der Waals surface area (Å²) in [6.45, 7) is 1.69. The predicted molar refractivity (Wildman–Crippen MR) is 110 cm³/mol. The van der Waals surface area contributed by atoms with E-state index < -0.39 is 11.6 Å². The van der Waals surface area contributed by atoms with Crippen molar-refractivity contribution in [2.24, 2.45) is 0 Å². The zero-order valence-electron chi connectivity index (χ0n) is 16.6. The molecular weight excluding hydrogens is 401 g/mol. The van der Waals surface area contributed by atoms with Crippen molar-refractivity contribution in [3.05, 3.63) is 65.9 Å². The fourth-order valence-electron chi connectivity index (χ4n) is 3.19. The summed E-state index contributed by atoms with van der Waals surface area (Å²) in [6.07, 6.45) is 0. The molecule has 2 aromatic carbocycles. The SMILES string of the molecule is Cc1nn2c(O)cc(-c3ccc(N(C)C)cc3)nc2c1-c1ccc(F)cc1F.[K]. The van der Waals surface area contributed by atoms with Gasteiger partial charge in [0.15, 0.2) is 5.65 Å². The topological polar surface area (TPSA) is 53.7 Å². The standard InChI is InChI=1S/C21H18F2N4O.K/c1-12-20(16-9-6-14(22)10-17(16)23)21-24-18(11-19(28)27(21)25-12)13-4-7-15(8-5-13)26(2)3;/h4-11,28H,1-3H3;. The fourth-order valence-corrected chi connectivity index (χ4v) is 3.19. The second kappa shape index (κ2) is 8.49. The first-order valence-electron chi connectivity index (χ1n) is 8.67. The molecule has 0 amide bonds. The summed E-state index contributed by atoms with van der Waals surface area (Å²) >= 11 is 0. The number of rotatable bonds is 3. The third-order valence-corrected chi connectivity index (χ3v) is 4.63. The Kier molecular flexibility index (Phi) is 6.40. The molecule has 0 atom stereocenters. The predicted octanol–water partition coefficient (Wildman–Crippen LogP) is 4.04. The molecule has 0 bridgehead atoms. The number of aromatic nitrogens is 3. The van der Waals surface area contributed by atoms with E-state index in [1.165, 1.54) is 22.7 Å². The van der Waals surface area contributed by atoms with Crippen LogP contribution in [0.4, 0.5) is 14.5 Å². The Morgan fingerprint density at radius 3 is 2.31 bits per heavy atom. The maximum atomic E-state index is 14.4. The number of nitrogens with zero attached hydrogens (tertiary/aromatic N) is 4. The molecule has 1 radical (unpaired) electrons. The van der Waals surface area contributed by atoms with E-state index in [9.17, 15) is 13.9 Å². The van der Waals surface area contributed by atoms with Gasteiger partial charge in [-0.3, -0.25) is 0 Å². The van der Waals surface area contributed by atoms with Crippen LogP contribution >= 0.6 is 0 Å². The molecule has 0 aliphatic carbocycles. The van der Waals surface area contributed by atoms with Gasteiger partial charge in [-0.1, -0.05) is 12.1 Å². The molecule has 0 saturated carbocycles. The van der Waals surface area contributed by atoms with Crippen molar-refractivity contribution in [2.75, 3.05) is 19.0 Å². The summed E-state index contributed by atoms with van der Waals surface area (Å²) in [5.41, 5.74) is 3.73. The van der Waals surface area contributed by atoms with Crippen molar-refractivity contribution in [3.63, 3.8) is 0 Å². The van der Waals surface area contributed by atoms with Crippen LogP contribution in [0.5, 0.6) is 5.88 Å². The zero-order chi connectivity index (χ0) is 20.0. The first kappa shape index (κ1) is 21.9. The monoisotopic (exact) mass is 419 g/mol. The average molecular weight is 419 g/mol. The Morgan fingerprint density at radius 2 is 1.69 bits per heavy atom. The van der Waals surface area contributed by atoms with Gasteiger partial charge in [-0.2, -0.15) is 9.61 Å². The van der Waals surface area contributed by atoms with Crippen LogP contribution in [0.15, 0.2) is 48.5 Å². The van der Waals surface area contributed by atoms with Crippen LogP contribution in [0.25, 0.3) is 28.0 Å². The van der Waals surface area contributed by atoms with Crippen molar-refractivity contribution in [3.8, 4) is 28.3 Å².